The van der Waals surface area contributed by atoms with Crippen LogP contribution in [0.25, 0.3) is 0 Å². The van der Waals surface area contributed by atoms with Gasteiger partial charge in [0.15, 0.2) is 5.78 Å². The van der Waals surface area contributed by atoms with E-state index in [-0.39, 0.29) is 17.7 Å². The van der Waals surface area contributed by atoms with Gasteiger partial charge in [0, 0.05) is 24.9 Å². The number of ketones is 1. The topological polar surface area (TPSA) is 78.9 Å². The highest BCUT2D eigenvalue weighted by molar-refractivity contribution is 5.96. The fraction of sp³-hybridized carbons (Fsp3) is 0.481. The van der Waals surface area contributed by atoms with Gasteiger partial charge in [-0.15, -0.1) is 0 Å². The fourth-order valence-electron chi connectivity index (χ4n) is 4.24. The van der Waals surface area contributed by atoms with Crippen LogP contribution in [-0.4, -0.2) is 54.5 Å². The second kappa shape index (κ2) is 12.5. The molecule has 0 aromatic heterocycles. The molecule has 2 atom stereocenters. The van der Waals surface area contributed by atoms with Gasteiger partial charge in [0.25, 0.3) is 0 Å². The predicted molar refractivity (Wildman–Crippen MR) is 130 cm³/mol. The number of carbonyl (C=O) groups is 2. The van der Waals surface area contributed by atoms with E-state index in [4.69, 9.17) is 4.74 Å². The lowest BCUT2D eigenvalue weighted by molar-refractivity contribution is -0.123. The zero-order chi connectivity index (χ0) is 23.6. The Morgan fingerprint density at radius 1 is 1.00 bits per heavy atom. The first-order valence-corrected chi connectivity index (χ1v) is 11.9. The van der Waals surface area contributed by atoms with Gasteiger partial charge in [-0.2, -0.15) is 0 Å². The summed E-state index contributed by atoms with van der Waals surface area (Å²) < 4.78 is 5.12. The van der Waals surface area contributed by atoms with Crippen LogP contribution in [-0.2, 0) is 4.79 Å². The molecule has 1 amide bonds. The fourth-order valence-corrected chi connectivity index (χ4v) is 4.24. The van der Waals surface area contributed by atoms with Crippen LogP contribution in [0.5, 0.6) is 5.75 Å². The molecule has 1 saturated heterocycles. The SMILES string of the molecule is COc1ccc(C(=O)CCCCC(=O)N[C@H](CN2CCCC2)[C@H](O)c2ccc(C)cc2)cc1. The second-order valence-electron chi connectivity index (χ2n) is 8.90. The van der Waals surface area contributed by atoms with Crippen molar-refractivity contribution in [2.75, 3.05) is 26.7 Å². The lowest BCUT2D eigenvalue weighted by Gasteiger charge is -2.29. The minimum atomic E-state index is -0.758. The number of rotatable bonds is 12. The van der Waals surface area contributed by atoms with E-state index in [0.717, 1.165) is 42.8 Å². The van der Waals surface area contributed by atoms with Crippen LogP contribution < -0.4 is 10.1 Å². The molecule has 2 aromatic carbocycles. The number of hydrogen-bond donors (Lipinski definition) is 2. The van der Waals surface area contributed by atoms with Gasteiger partial charge >= 0.3 is 0 Å². The number of aliphatic hydroxyl groups excluding tert-OH is 1. The highest BCUT2D eigenvalue weighted by Crippen LogP contribution is 2.21. The Hall–Kier alpha value is -2.70. The zero-order valence-electron chi connectivity index (χ0n) is 19.8. The molecule has 3 rings (SSSR count). The van der Waals surface area contributed by atoms with E-state index in [1.54, 1.807) is 31.4 Å². The van der Waals surface area contributed by atoms with Crippen molar-refractivity contribution in [1.82, 2.24) is 10.2 Å². The molecule has 1 heterocycles. The van der Waals surface area contributed by atoms with Crippen LogP contribution in [0.15, 0.2) is 48.5 Å². The van der Waals surface area contributed by atoms with Crippen LogP contribution in [0.2, 0.25) is 0 Å². The summed E-state index contributed by atoms with van der Waals surface area (Å²) in [5.41, 5.74) is 2.61. The monoisotopic (exact) mass is 452 g/mol. The third kappa shape index (κ3) is 7.69. The smallest absolute Gasteiger partial charge is 0.220 e. The minimum Gasteiger partial charge on any atom is -0.497 e. The zero-order valence-corrected chi connectivity index (χ0v) is 19.8. The number of hydrogen-bond acceptors (Lipinski definition) is 5. The summed E-state index contributed by atoms with van der Waals surface area (Å²) in [6.45, 7) is 4.65. The Kier molecular flexibility index (Phi) is 9.46. The molecule has 6 nitrogen and oxygen atoms in total. The molecular weight excluding hydrogens is 416 g/mol. The molecule has 1 fully saturated rings. The lowest BCUT2D eigenvalue weighted by atomic mass is 10.00. The molecule has 0 unspecified atom stereocenters. The van der Waals surface area contributed by atoms with Crippen LogP contribution in [0.3, 0.4) is 0 Å². The third-order valence-corrected chi connectivity index (χ3v) is 6.27. The number of ether oxygens (including phenoxy) is 1. The van der Waals surface area contributed by atoms with Gasteiger partial charge in [-0.1, -0.05) is 29.8 Å². The number of benzene rings is 2. The maximum absolute atomic E-state index is 12.7. The molecule has 0 saturated carbocycles. The Balaban J connectivity index is 1.48. The summed E-state index contributed by atoms with van der Waals surface area (Å²) in [4.78, 5) is 27.3. The largest absolute Gasteiger partial charge is 0.497 e. The summed E-state index contributed by atoms with van der Waals surface area (Å²) in [5.74, 6) is 0.710. The van der Waals surface area contributed by atoms with Crippen molar-refractivity contribution in [3.8, 4) is 5.75 Å². The number of Topliss-reactive ketones (excluding diaryl/α,β-unsaturated/α-hetero) is 1. The van der Waals surface area contributed by atoms with Gasteiger partial charge < -0.3 is 20.1 Å². The summed E-state index contributed by atoms with van der Waals surface area (Å²) in [6.07, 6.45) is 3.58. The number of unbranched alkanes of at least 4 members (excludes halogenated alkanes) is 1. The number of nitrogens with one attached hydrogen (secondary N) is 1. The highest BCUT2D eigenvalue weighted by Gasteiger charge is 2.26. The first kappa shape index (κ1) is 24.9. The minimum absolute atomic E-state index is 0.0692. The summed E-state index contributed by atoms with van der Waals surface area (Å²) >= 11 is 0. The molecule has 0 radical (unpaired) electrons. The Labute approximate surface area is 196 Å². The first-order chi connectivity index (χ1) is 16.0. The van der Waals surface area contributed by atoms with Crippen molar-refractivity contribution in [2.24, 2.45) is 0 Å². The van der Waals surface area contributed by atoms with Gasteiger partial charge in [-0.25, -0.2) is 0 Å². The predicted octanol–water partition coefficient (Wildman–Crippen LogP) is 4.06. The molecule has 6 heteroatoms. The quantitative estimate of drug-likeness (QED) is 0.375. The van der Waals surface area contributed by atoms with E-state index >= 15 is 0 Å². The average Bonchev–Trinajstić information content (AvgIpc) is 3.34. The molecule has 2 N–H and O–H groups in total. The molecule has 178 valence electrons. The van der Waals surface area contributed by atoms with Gasteiger partial charge in [-0.3, -0.25) is 9.59 Å². The van der Waals surface area contributed by atoms with E-state index in [9.17, 15) is 14.7 Å². The number of aliphatic hydroxyl groups is 1. The Morgan fingerprint density at radius 2 is 1.64 bits per heavy atom. The molecule has 1 aliphatic heterocycles. The van der Waals surface area contributed by atoms with E-state index in [1.165, 1.54) is 0 Å². The first-order valence-electron chi connectivity index (χ1n) is 11.9. The van der Waals surface area contributed by atoms with Crippen molar-refractivity contribution in [3.63, 3.8) is 0 Å². The van der Waals surface area contributed by atoms with Crippen molar-refractivity contribution in [1.29, 1.82) is 0 Å². The van der Waals surface area contributed by atoms with Crippen LogP contribution in [0, 0.1) is 6.92 Å². The number of nitrogens with zero attached hydrogens (tertiary/aromatic N) is 1. The molecule has 0 aliphatic carbocycles. The van der Waals surface area contributed by atoms with Crippen LogP contribution >= 0.6 is 0 Å². The maximum Gasteiger partial charge on any atom is 0.220 e. The van der Waals surface area contributed by atoms with Gasteiger partial charge in [0.2, 0.25) is 5.91 Å². The maximum atomic E-state index is 12.7. The number of carbonyl (C=O) groups excluding carboxylic acids is 2. The summed E-state index contributed by atoms with van der Waals surface area (Å²) in [5, 5.41) is 14.1. The molecule has 1 aliphatic rings. The summed E-state index contributed by atoms with van der Waals surface area (Å²) in [7, 11) is 1.59. The molecule has 2 aromatic rings. The molecule has 33 heavy (non-hydrogen) atoms. The van der Waals surface area contributed by atoms with Crippen molar-refractivity contribution in [3.05, 3.63) is 65.2 Å². The Bertz CT molecular complexity index is 889. The standard InChI is InChI=1S/C27H36N2O4/c1-20-9-11-22(12-10-20)27(32)24(19-29-17-5-6-18-29)28-26(31)8-4-3-7-25(30)21-13-15-23(33-2)16-14-21/h9-16,24,27,32H,3-8,17-19H2,1-2H3,(H,28,31)/t24-,27-/m1/s1. The van der Waals surface area contributed by atoms with Gasteiger partial charge in [-0.05, 0) is 75.5 Å². The molecule has 0 spiro atoms. The van der Waals surface area contributed by atoms with Crippen LogP contribution in [0.4, 0.5) is 0 Å². The average molecular weight is 453 g/mol. The highest BCUT2D eigenvalue weighted by atomic mass is 16.5. The van der Waals surface area contributed by atoms with Crippen LogP contribution in [0.1, 0.15) is 66.1 Å². The normalized spacial score (nSPS) is 15.7. The van der Waals surface area contributed by atoms with E-state index < -0.39 is 6.10 Å². The number of likely N-dealkylation sites (tertiary alicyclic amines) is 1. The van der Waals surface area contributed by atoms with Crippen molar-refractivity contribution >= 4 is 11.7 Å². The number of amides is 1. The van der Waals surface area contributed by atoms with Crippen molar-refractivity contribution < 1.29 is 19.4 Å². The third-order valence-electron chi connectivity index (χ3n) is 6.27. The number of methoxy groups -OCH3 is 1. The molecular formula is C27H36N2O4. The number of aryl methyl sites for hydroxylation is 1. The molecule has 0 bridgehead atoms. The second-order valence-corrected chi connectivity index (χ2v) is 8.90. The van der Waals surface area contributed by atoms with E-state index in [2.05, 4.69) is 10.2 Å². The lowest BCUT2D eigenvalue weighted by Crippen LogP contribution is -2.46. The van der Waals surface area contributed by atoms with Crippen molar-refractivity contribution in [2.45, 2.75) is 57.6 Å². The van der Waals surface area contributed by atoms with Gasteiger partial charge in [0.05, 0.1) is 13.2 Å². The van der Waals surface area contributed by atoms with E-state index in [0.29, 0.717) is 37.8 Å². The Morgan fingerprint density at radius 3 is 2.27 bits per heavy atom. The van der Waals surface area contributed by atoms with Gasteiger partial charge in [0.1, 0.15) is 11.9 Å². The summed E-state index contributed by atoms with van der Waals surface area (Å²) in [6, 6.07) is 14.5. The van der Waals surface area contributed by atoms with E-state index in [1.807, 2.05) is 31.2 Å².